The molecule has 1 nitrogen and oxygen atoms in total. The Morgan fingerprint density at radius 2 is 2.00 bits per heavy atom. The Balaban J connectivity index is 2.03. The van der Waals surface area contributed by atoms with Gasteiger partial charge in [-0.25, -0.2) is 0 Å². The lowest BCUT2D eigenvalue weighted by atomic mass is 9.62. The Hall–Kier alpha value is -0.0400. The molecule has 1 heteroatoms. The lowest BCUT2D eigenvalue weighted by Gasteiger charge is -2.43. The van der Waals surface area contributed by atoms with Gasteiger partial charge < -0.3 is 5.32 Å². The van der Waals surface area contributed by atoms with Crippen molar-refractivity contribution in [1.29, 1.82) is 0 Å². The zero-order valence-corrected chi connectivity index (χ0v) is 10.0. The number of hydrogen-bond donors (Lipinski definition) is 1. The van der Waals surface area contributed by atoms with Crippen LogP contribution in [0.25, 0.3) is 0 Å². The maximum atomic E-state index is 3.55. The molecule has 1 heterocycles. The van der Waals surface area contributed by atoms with Crippen LogP contribution < -0.4 is 5.32 Å². The molecule has 0 aromatic rings. The van der Waals surface area contributed by atoms with Gasteiger partial charge in [0.2, 0.25) is 0 Å². The van der Waals surface area contributed by atoms with Gasteiger partial charge in [-0.15, -0.1) is 0 Å². The maximum absolute atomic E-state index is 3.55. The second-order valence-corrected chi connectivity index (χ2v) is 6.59. The minimum absolute atomic E-state index is 0.524. The van der Waals surface area contributed by atoms with Crippen LogP contribution in [0.2, 0.25) is 0 Å². The molecule has 2 atom stereocenters. The molecule has 0 aromatic heterocycles. The van der Waals surface area contributed by atoms with E-state index in [1.54, 1.807) is 0 Å². The van der Waals surface area contributed by atoms with Crippen LogP contribution in [0.5, 0.6) is 0 Å². The monoisotopic (exact) mass is 195 g/mol. The minimum Gasteiger partial charge on any atom is -0.316 e. The molecule has 14 heavy (non-hydrogen) atoms. The molecule has 2 aliphatic rings. The molecule has 2 unspecified atom stereocenters. The molecule has 0 aromatic carbocycles. The quantitative estimate of drug-likeness (QED) is 0.626. The van der Waals surface area contributed by atoms with Crippen LogP contribution in [-0.2, 0) is 0 Å². The second kappa shape index (κ2) is 3.52. The van der Waals surface area contributed by atoms with Gasteiger partial charge >= 0.3 is 0 Å². The van der Waals surface area contributed by atoms with E-state index in [0.717, 1.165) is 5.92 Å². The molecule has 1 spiro atoms. The van der Waals surface area contributed by atoms with E-state index in [9.17, 15) is 0 Å². The maximum Gasteiger partial charge on any atom is 0.000839 e. The van der Waals surface area contributed by atoms with Crippen molar-refractivity contribution >= 4 is 0 Å². The van der Waals surface area contributed by atoms with E-state index >= 15 is 0 Å². The Kier molecular flexibility index (Phi) is 2.63. The van der Waals surface area contributed by atoms with Crippen LogP contribution in [0, 0.1) is 16.7 Å². The molecule has 2 fully saturated rings. The predicted molar refractivity (Wildman–Crippen MR) is 61.3 cm³/mol. The average Bonchev–Trinajstić information content (AvgIpc) is 2.52. The number of nitrogens with one attached hydrogen (secondary N) is 1. The lowest BCUT2D eigenvalue weighted by Crippen LogP contribution is -2.35. The highest BCUT2D eigenvalue weighted by atomic mass is 14.9. The van der Waals surface area contributed by atoms with E-state index in [0.29, 0.717) is 10.8 Å². The zero-order chi connectivity index (χ0) is 10.2. The first-order valence-corrected chi connectivity index (χ1v) is 6.23. The summed E-state index contributed by atoms with van der Waals surface area (Å²) in [4.78, 5) is 0. The van der Waals surface area contributed by atoms with Crippen molar-refractivity contribution in [3.05, 3.63) is 0 Å². The summed E-state index contributed by atoms with van der Waals surface area (Å²) in [6.07, 6.45) is 7.31. The highest BCUT2D eigenvalue weighted by molar-refractivity contribution is 4.94. The molecule has 82 valence electrons. The van der Waals surface area contributed by atoms with Gasteiger partial charge in [0.15, 0.2) is 0 Å². The van der Waals surface area contributed by atoms with Crippen LogP contribution in [0.1, 0.15) is 52.9 Å². The van der Waals surface area contributed by atoms with E-state index in [2.05, 4.69) is 26.1 Å². The molecule has 1 saturated carbocycles. The summed E-state index contributed by atoms with van der Waals surface area (Å²) in [7, 11) is 0. The Morgan fingerprint density at radius 3 is 2.57 bits per heavy atom. The van der Waals surface area contributed by atoms with Crippen LogP contribution in [0.4, 0.5) is 0 Å². The van der Waals surface area contributed by atoms with Gasteiger partial charge in [0.05, 0.1) is 0 Å². The highest BCUT2D eigenvalue weighted by Gasteiger charge is 2.41. The smallest absolute Gasteiger partial charge is 0.000839 e. The van der Waals surface area contributed by atoms with Gasteiger partial charge in [0.1, 0.15) is 0 Å². The minimum atomic E-state index is 0.524. The Bertz CT molecular complexity index is 196. The summed E-state index contributed by atoms with van der Waals surface area (Å²) in [6.45, 7) is 9.80. The molecular weight excluding hydrogens is 170 g/mol. The van der Waals surface area contributed by atoms with Gasteiger partial charge in [-0.3, -0.25) is 0 Å². The highest BCUT2D eigenvalue weighted by Crippen LogP contribution is 2.48. The summed E-state index contributed by atoms with van der Waals surface area (Å²) in [5, 5.41) is 3.55. The van der Waals surface area contributed by atoms with Crippen LogP contribution in [-0.4, -0.2) is 13.1 Å². The Labute approximate surface area is 88.7 Å². The van der Waals surface area contributed by atoms with Gasteiger partial charge in [-0.05, 0) is 49.0 Å². The molecular formula is C13H25N. The topological polar surface area (TPSA) is 12.0 Å². The zero-order valence-electron chi connectivity index (χ0n) is 10.0. The first-order valence-electron chi connectivity index (χ1n) is 6.23. The first-order chi connectivity index (χ1) is 6.52. The predicted octanol–water partition coefficient (Wildman–Crippen LogP) is 3.20. The van der Waals surface area contributed by atoms with Crippen molar-refractivity contribution in [1.82, 2.24) is 5.32 Å². The van der Waals surface area contributed by atoms with Gasteiger partial charge in [-0.2, -0.15) is 0 Å². The molecule has 0 amide bonds. The third-order valence-electron chi connectivity index (χ3n) is 4.50. The third-order valence-corrected chi connectivity index (χ3v) is 4.50. The fourth-order valence-corrected chi connectivity index (χ4v) is 3.37. The average molecular weight is 195 g/mol. The largest absolute Gasteiger partial charge is 0.316 e. The molecule has 2 rings (SSSR count). The first kappa shape index (κ1) is 10.5. The van der Waals surface area contributed by atoms with E-state index in [1.165, 1.54) is 45.2 Å². The van der Waals surface area contributed by atoms with Gasteiger partial charge in [0, 0.05) is 6.54 Å². The van der Waals surface area contributed by atoms with Crippen molar-refractivity contribution in [2.24, 2.45) is 16.7 Å². The summed E-state index contributed by atoms with van der Waals surface area (Å²) in [5.74, 6) is 0.955. The normalized spacial score (nSPS) is 39.2. The van der Waals surface area contributed by atoms with Gasteiger partial charge in [0.25, 0.3) is 0 Å². The summed E-state index contributed by atoms with van der Waals surface area (Å²) >= 11 is 0. The van der Waals surface area contributed by atoms with E-state index in [4.69, 9.17) is 0 Å². The fraction of sp³-hybridized carbons (Fsp3) is 1.00. The molecule has 1 aliphatic heterocycles. The van der Waals surface area contributed by atoms with Crippen LogP contribution in [0.15, 0.2) is 0 Å². The molecule has 1 aliphatic carbocycles. The lowest BCUT2D eigenvalue weighted by molar-refractivity contribution is 0.0842. The van der Waals surface area contributed by atoms with Crippen molar-refractivity contribution in [3.63, 3.8) is 0 Å². The standard InChI is InChI=1S/C13H25N/c1-12(2,3)11-5-4-6-13(9-11)7-8-14-10-13/h11,14H,4-10H2,1-3H3. The molecule has 0 radical (unpaired) electrons. The summed E-state index contributed by atoms with van der Waals surface area (Å²) in [6, 6.07) is 0. The van der Waals surface area contributed by atoms with E-state index < -0.39 is 0 Å². The number of rotatable bonds is 0. The fourth-order valence-electron chi connectivity index (χ4n) is 3.37. The Morgan fingerprint density at radius 1 is 1.21 bits per heavy atom. The van der Waals surface area contributed by atoms with Crippen molar-refractivity contribution < 1.29 is 0 Å². The third kappa shape index (κ3) is 1.98. The van der Waals surface area contributed by atoms with Crippen LogP contribution in [0.3, 0.4) is 0 Å². The molecule has 1 N–H and O–H groups in total. The SMILES string of the molecule is CC(C)(C)C1CCCC2(CCNC2)C1. The van der Waals surface area contributed by atoms with Gasteiger partial charge in [-0.1, -0.05) is 27.2 Å². The summed E-state index contributed by atoms with van der Waals surface area (Å²) in [5.41, 5.74) is 1.21. The summed E-state index contributed by atoms with van der Waals surface area (Å²) < 4.78 is 0. The molecule has 0 bridgehead atoms. The number of hydrogen-bond acceptors (Lipinski definition) is 1. The van der Waals surface area contributed by atoms with Crippen molar-refractivity contribution in [2.45, 2.75) is 52.9 Å². The second-order valence-electron chi connectivity index (χ2n) is 6.59. The van der Waals surface area contributed by atoms with Crippen LogP contribution >= 0.6 is 0 Å². The van der Waals surface area contributed by atoms with E-state index in [1.807, 2.05) is 0 Å². The van der Waals surface area contributed by atoms with Crippen molar-refractivity contribution in [3.8, 4) is 0 Å². The molecule has 1 saturated heterocycles. The van der Waals surface area contributed by atoms with E-state index in [-0.39, 0.29) is 0 Å². The van der Waals surface area contributed by atoms with Crippen molar-refractivity contribution in [2.75, 3.05) is 13.1 Å².